The lowest BCUT2D eigenvalue weighted by molar-refractivity contribution is -0.144. The zero-order chi connectivity index (χ0) is 30.3. The molecule has 2 aliphatic rings. The largest absolute Gasteiger partial charge is 0.469 e. The van der Waals surface area contributed by atoms with Gasteiger partial charge in [0.05, 0.1) is 25.6 Å². The third-order valence-electron chi connectivity index (χ3n) is 7.95. The highest BCUT2D eigenvalue weighted by atomic mass is 16.5. The number of likely N-dealkylation sites (N-methyl/N-ethyl adjacent to an activating group) is 1. The molecule has 0 bridgehead atoms. The number of nitrogens with one attached hydrogen (secondary N) is 4. The third-order valence-corrected chi connectivity index (χ3v) is 7.95. The summed E-state index contributed by atoms with van der Waals surface area (Å²) < 4.78 is 4.62. The molecular formula is C30H45N5O6. The third kappa shape index (κ3) is 8.28. The number of nitrogens with zero attached hydrogens (tertiary/aromatic N) is 1. The van der Waals surface area contributed by atoms with Gasteiger partial charge in [-0.25, -0.2) is 0 Å². The van der Waals surface area contributed by atoms with E-state index in [0.717, 1.165) is 24.8 Å². The number of esters is 1. The van der Waals surface area contributed by atoms with Crippen LogP contribution in [0.2, 0.25) is 0 Å². The van der Waals surface area contributed by atoms with Crippen molar-refractivity contribution in [3.8, 4) is 0 Å². The summed E-state index contributed by atoms with van der Waals surface area (Å²) in [5, 5.41) is 11.8. The number of fused-ring (bicyclic) bond motifs is 1. The minimum absolute atomic E-state index is 0.0601. The Morgan fingerprint density at radius 2 is 1.78 bits per heavy atom. The summed E-state index contributed by atoms with van der Waals surface area (Å²) >= 11 is 0. The summed E-state index contributed by atoms with van der Waals surface area (Å²) in [4.78, 5) is 66.2. The maximum Gasteiger partial charge on any atom is 0.306 e. The van der Waals surface area contributed by atoms with Crippen molar-refractivity contribution in [2.75, 3.05) is 20.7 Å². The number of carbonyl (C=O) groups is 5. The van der Waals surface area contributed by atoms with Gasteiger partial charge >= 0.3 is 5.97 Å². The van der Waals surface area contributed by atoms with Gasteiger partial charge in [0.25, 0.3) is 0 Å². The lowest BCUT2D eigenvalue weighted by Gasteiger charge is -2.36. The molecule has 11 nitrogen and oxygen atoms in total. The van der Waals surface area contributed by atoms with E-state index in [2.05, 4.69) is 32.1 Å². The van der Waals surface area contributed by atoms with Crippen molar-refractivity contribution in [1.82, 2.24) is 26.2 Å². The fourth-order valence-corrected chi connectivity index (χ4v) is 5.43. The first-order chi connectivity index (χ1) is 19.3. The molecule has 0 radical (unpaired) electrons. The van der Waals surface area contributed by atoms with Crippen molar-refractivity contribution in [3.63, 3.8) is 0 Å². The first kappa shape index (κ1) is 32.0. The van der Waals surface area contributed by atoms with Gasteiger partial charge in [-0.15, -0.1) is 0 Å². The fourth-order valence-electron chi connectivity index (χ4n) is 5.43. The molecule has 0 unspecified atom stereocenters. The van der Waals surface area contributed by atoms with Gasteiger partial charge in [0.2, 0.25) is 23.6 Å². The summed E-state index contributed by atoms with van der Waals surface area (Å²) in [5.41, 5.74) is 1.63. The highest BCUT2D eigenvalue weighted by Gasteiger charge is 2.46. The smallest absolute Gasteiger partial charge is 0.306 e. The van der Waals surface area contributed by atoms with Crippen LogP contribution in [-0.2, 0) is 35.1 Å². The average Bonchev–Trinajstić information content (AvgIpc) is 3.37. The molecule has 4 N–H and O–H groups in total. The zero-order valence-corrected chi connectivity index (χ0v) is 25.0. The summed E-state index contributed by atoms with van der Waals surface area (Å²) in [6.45, 7) is 7.38. The van der Waals surface area contributed by atoms with Crippen molar-refractivity contribution >= 4 is 29.6 Å². The van der Waals surface area contributed by atoms with Crippen molar-refractivity contribution in [2.24, 2.45) is 5.41 Å². The number of methoxy groups -OCH3 is 1. The van der Waals surface area contributed by atoms with Crippen LogP contribution in [0.15, 0.2) is 24.3 Å². The van der Waals surface area contributed by atoms with Crippen molar-refractivity contribution < 1.29 is 28.7 Å². The van der Waals surface area contributed by atoms with Crippen LogP contribution in [0.3, 0.4) is 0 Å². The van der Waals surface area contributed by atoms with E-state index in [-0.39, 0.29) is 55.5 Å². The van der Waals surface area contributed by atoms with E-state index in [1.807, 2.05) is 39.0 Å². The minimum Gasteiger partial charge on any atom is -0.469 e. The number of carbonyl (C=O) groups excluding carboxylic acids is 5. The van der Waals surface area contributed by atoms with Crippen LogP contribution in [0.1, 0.15) is 77.0 Å². The Balaban J connectivity index is 1.84. The van der Waals surface area contributed by atoms with E-state index in [1.54, 1.807) is 14.0 Å². The Labute approximate surface area is 242 Å². The molecule has 1 aromatic rings. The Kier molecular flexibility index (Phi) is 10.9. The van der Waals surface area contributed by atoms with E-state index < -0.39 is 35.6 Å². The van der Waals surface area contributed by atoms with E-state index in [1.165, 1.54) is 17.6 Å². The molecule has 3 rings (SSSR count). The summed E-state index contributed by atoms with van der Waals surface area (Å²) in [5.74, 6) is -1.86. The Morgan fingerprint density at radius 1 is 1.07 bits per heavy atom. The summed E-state index contributed by atoms with van der Waals surface area (Å²) in [6.07, 6.45) is 2.78. The number of benzene rings is 1. The van der Waals surface area contributed by atoms with E-state index in [0.29, 0.717) is 0 Å². The topological polar surface area (TPSA) is 146 Å². The van der Waals surface area contributed by atoms with E-state index in [9.17, 15) is 24.0 Å². The molecule has 5 atom stereocenters. The normalized spacial score (nSPS) is 21.7. The molecule has 0 aromatic heterocycles. The van der Waals surface area contributed by atoms with E-state index >= 15 is 0 Å². The molecule has 226 valence electrons. The number of likely N-dealkylation sites (tertiary alicyclic amines) is 1. The van der Waals surface area contributed by atoms with Crippen LogP contribution in [0.5, 0.6) is 0 Å². The number of hydrogen-bond acceptors (Lipinski definition) is 7. The van der Waals surface area contributed by atoms with Crippen molar-refractivity contribution in [1.29, 1.82) is 0 Å². The molecule has 0 spiro atoms. The maximum absolute atomic E-state index is 14.1. The van der Waals surface area contributed by atoms with Crippen molar-refractivity contribution in [2.45, 2.75) is 96.4 Å². The number of rotatable bonds is 10. The number of hydrogen-bond donors (Lipinski definition) is 4. The number of ether oxygens (including phenoxy) is 1. The molecule has 1 saturated heterocycles. The van der Waals surface area contributed by atoms with Crippen LogP contribution in [-0.4, -0.2) is 79.4 Å². The molecule has 11 heteroatoms. The second-order valence-electron chi connectivity index (χ2n) is 12.1. The molecule has 41 heavy (non-hydrogen) atoms. The van der Waals surface area contributed by atoms with Gasteiger partial charge in [0.1, 0.15) is 12.1 Å². The highest BCUT2D eigenvalue weighted by molar-refractivity contribution is 5.94. The van der Waals surface area contributed by atoms with E-state index in [4.69, 9.17) is 0 Å². The van der Waals surface area contributed by atoms with Gasteiger partial charge < -0.3 is 30.9 Å². The maximum atomic E-state index is 14.1. The predicted octanol–water partition coefficient (Wildman–Crippen LogP) is 1.36. The summed E-state index contributed by atoms with van der Waals surface area (Å²) in [7, 11) is 2.92. The lowest BCUT2D eigenvalue weighted by atomic mass is 9.85. The van der Waals surface area contributed by atoms with Gasteiger partial charge in [0, 0.05) is 19.0 Å². The van der Waals surface area contributed by atoms with Crippen LogP contribution in [0, 0.1) is 5.41 Å². The van der Waals surface area contributed by atoms with Crippen LogP contribution in [0.25, 0.3) is 0 Å². The molecule has 4 amide bonds. The monoisotopic (exact) mass is 571 g/mol. The highest BCUT2D eigenvalue weighted by Crippen LogP contribution is 2.31. The Morgan fingerprint density at radius 3 is 2.44 bits per heavy atom. The van der Waals surface area contributed by atoms with Gasteiger partial charge in [0.15, 0.2) is 0 Å². The molecule has 1 aromatic carbocycles. The molecule has 1 fully saturated rings. The first-order valence-electron chi connectivity index (χ1n) is 14.4. The van der Waals surface area contributed by atoms with Crippen LogP contribution in [0.4, 0.5) is 0 Å². The standard InChI is InChI=1S/C30H45N5O6/c1-18(31-5)27(38)34-26(30(2,3)4)29(40)35-17-20(32-24(36)14-15-25(37)41-6)16-23(35)28(39)33-22-13-9-11-19-10-7-8-12-21(19)22/h7-8,10,12,18,20,22-23,26,31H,9,11,13-17H2,1-6H3,(H,32,36)(H,33,39)(H,34,38)/t18-,20-,22+,23-,26+/m0/s1. The molecule has 0 saturated carbocycles. The quantitative estimate of drug-likeness (QED) is 0.310. The number of aryl methyl sites for hydroxylation is 1. The molecular weight excluding hydrogens is 526 g/mol. The Hall–Kier alpha value is -3.47. The van der Waals surface area contributed by atoms with Gasteiger partial charge in [-0.3, -0.25) is 24.0 Å². The van der Waals surface area contributed by atoms with Crippen LogP contribution < -0.4 is 21.3 Å². The Bertz CT molecular complexity index is 1130. The fraction of sp³-hybridized carbons (Fsp3) is 0.633. The second-order valence-corrected chi connectivity index (χ2v) is 12.1. The molecule has 1 aliphatic carbocycles. The molecule has 1 aliphatic heterocycles. The molecule has 1 heterocycles. The first-order valence-corrected chi connectivity index (χ1v) is 14.4. The number of amides is 4. The average molecular weight is 572 g/mol. The second kappa shape index (κ2) is 13.9. The zero-order valence-electron chi connectivity index (χ0n) is 25.0. The van der Waals surface area contributed by atoms with Crippen LogP contribution >= 0.6 is 0 Å². The van der Waals surface area contributed by atoms with Gasteiger partial charge in [-0.05, 0) is 56.2 Å². The SMILES string of the molecule is CN[C@@H](C)C(=O)N[C@H](C(=O)N1C[C@@H](NC(=O)CCC(=O)OC)C[C@H]1C(=O)N[C@@H]1CCCc2ccccc21)C(C)(C)C. The van der Waals surface area contributed by atoms with Gasteiger partial charge in [-0.2, -0.15) is 0 Å². The predicted molar refractivity (Wildman–Crippen MR) is 153 cm³/mol. The minimum atomic E-state index is -0.898. The lowest BCUT2D eigenvalue weighted by Crippen LogP contribution is -2.59. The van der Waals surface area contributed by atoms with Crippen molar-refractivity contribution in [3.05, 3.63) is 35.4 Å². The summed E-state index contributed by atoms with van der Waals surface area (Å²) in [6, 6.07) is 5.12. The van der Waals surface area contributed by atoms with Gasteiger partial charge in [-0.1, -0.05) is 45.0 Å².